The van der Waals surface area contributed by atoms with Gasteiger partial charge in [-0.2, -0.15) is 0 Å². The van der Waals surface area contributed by atoms with E-state index in [2.05, 4.69) is 4.72 Å². The summed E-state index contributed by atoms with van der Waals surface area (Å²) in [7, 11) is -3.97. The van der Waals surface area contributed by atoms with Crippen molar-refractivity contribution in [2.24, 2.45) is 5.92 Å². The maximum atomic E-state index is 13.8. The van der Waals surface area contributed by atoms with Crippen molar-refractivity contribution in [2.75, 3.05) is 16.2 Å². The molecule has 0 saturated heterocycles. The number of para-hydroxylation sites is 1. The number of nitrogens with zero attached hydrogens (tertiary/aromatic N) is 1. The Bertz CT molecular complexity index is 1010. The van der Waals surface area contributed by atoms with E-state index in [1.54, 1.807) is 28.8 Å². The summed E-state index contributed by atoms with van der Waals surface area (Å²) in [5, 5.41) is 0.235. The minimum absolute atomic E-state index is 0.00764. The van der Waals surface area contributed by atoms with E-state index in [1.165, 1.54) is 30.3 Å². The van der Waals surface area contributed by atoms with Crippen molar-refractivity contribution in [3.8, 4) is 0 Å². The van der Waals surface area contributed by atoms with Crippen LogP contribution in [0.25, 0.3) is 0 Å². The van der Waals surface area contributed by atoms with Gasteiger partial charge in [-0.25, -0.2) is 12.8 Å². The quantitative estimate of drug-likeness (QED) is 0.837. The highest BCUT2D eigenvalue weighted by Crippen LogP contribution is 2.42. The largest absolute Gasteiger partial charge is 0.310 e. The fourth-order valence-electron chi connectivity index (χ4n) is 3.09. The van der Waals surface area contributed by atoms with Crippen LogP contribution in [0, 0.1) is 11.7 Å². The highest BCUT2D eigenvalue weighted by molar-refractivity contribution is 8.00. The van der Waals surface area contributed by atoms with E-state index in [1.807, 2.05) is 6.92 Å². The number of fused-ring (bicyclic) bond motifs is 1. The van der Waals surface area contributed by atoms with Crippen molar-refractivity contribution < 1.29 is 17.6 Å². The predicted molar refractivity (Wildman–Crippen MR) is 104 cm³/mol. The molecule has 0 spiro atoms. The number of hydrogen-bond acceptors (Lipinski definition) is 4. The molecule has 1 heterocycles. The zero-order valence-electron chi connectivity index (χ0n) is 14.7. The summed E-state index contributed by atoms with van der Waals surface area (Å²) < 4.78 is 41.6. The predicted octanol–water partition coefficient (Wildman–Crippen LogP) is 3.86. The van der Waals surface area contributed by atoms with E-state index in [4.69, 9.17) is 0 Å². The van der Waals surface area contributed by atoms with Crippen LogP contribution in [0.3, 0.4) is 0 Å². The second-order valence-electron chi connectivity index (χ2n) is 6.87. The Morgan fingerprint density at radius 2 is 1.96 bits per heavy atom. The lowest BCUT2D eigenvalue weighted by atomic mass is 10.2. The number of amides is 1. The van der Waals surface area contributed by atoms with E-state index in [0.29, 0.717) is 12.2 Å². The Balaban J connectivity index is 1.69. The third-order valence-corrected chi connectivity index (χ3v) is 7.12. The normalized spacial score (nSPS) is 19.5. The van der Waals surface area contributed by atoms with Crippen LogP contribution in [0.4, 0.5) is 15.8 Å². The first-order valence-corrected chi connectivity index (χ1v) is 11.1. The van der Waals surface area contributed by atoms with E-state index in [9.17, 15) is 17.6 Å². The molecular formula is C19H19FN2O3S2. The first kappa shape index (κ1) is 18.3. The maximum Gasteiger partial charge on any atom is 0.262 e. The van der Waals surface area contributed by atoms with Gasteiger partial charge >= 0.3 is 0 Å². The van der Waals surface area contributed by atoms with Crippen molar-refractivity contribution in [1.82, 2.24) is 0 Å². The minimum atomic E-state index is -3.97. The van der Waals surface area contributed by atoms with Crippen molar-refractivity contribution in [3.63, 3.8) is 0 Å². The summed E-state index contributed by atoms with van der Waals surface area (Å²) in [6.45, 7) is 2.60. The topological polar surface area (TPSA) is 66.5 Å². The van der Waals surface area contributed by atoms with Gasteiger partial charge in [0, 0.05) is 22.6 Å². The average molecular weight is 407 g/mol. The molecule has 1 aliphatic heterocycles. The first-order chi connectivity index (χ1) is 12.8. The third kappa shape index (κ3) is 3.68. The van der Waals surface area contributed by atoms with Crippen LogP contribution in [0.1, 0.15) is 19.8 Å². The summed E-state index contributed by atoms with van der Waals surface area (Å²) in [6, 6.07) is 10.3. The average Bonchev–Trinajstić information content (AvgIpc) is 3.47. The molecule has 4 rings (SSSR count). The molecule has 1 saturated carbocycles. The van der Waals surface area contributed by atoms with Crippen molar-refractivity contribution in [3.05, 3.63) is 48.3 Å². The Morgan fingerprint density at radius 1 is 1.22 bits per heavy atom. The number of carbonyl (C=O) groups is 1. The maximum absolute atomic E-state index is 13.8. The zero-order valence-corrected chi connectivity index (χ0v) is 16.3. The lowest BCUT2D eigenvalue weighted by Gasteiger charge is -2.33. The van der Waals surface area contributed by atoms with Crippen LogP contribution in [0.2, 0.25) is 0 Å². The smallest absolute Gasteiger partial charge is 0.262 e. The SMILES string of the molecule is C[C@H]1CN(C(=O)C2CC2)c2cc(S(=O)(=O)Nc3ccccc3F)ccc2S1. The molecule has 0 unspecified atom stereocenters. The van der Waals surface area contributed by atoms with Crippen LogP contribution in [0.5, 0.6) is 0 Å². The van der Waals surface area contributed by atoms with Gasteiger partial charge in [0.1, 0.15) is 5.82 Å². The number of benzene rings is 2. The number of nitrogens with one attached hydrogen (secondary N) is 1. The van der Waals surface area contributed by atoms with E-state index >= 15 is 0 Å². The fourth-order valence-corrected chi connectivity index (χ4v) is 5.27. The molecule has 2 aromatic carbocycles. The van der Waals surface area contributed by atoms with Gasteiger partial charge in [0.25, 0.3) is 10.0 Å². The number of thioether (sulfide) groups is 1. The summed E-state index contributed by atoms with van der Waals surface area (Å²) in [5.41, 5.74) is 0.510. The highest BCUT2D eigenvalue weighted by atomic mass is 32.2. The number of halogens is 1. The number of sulfonamides is 1. The molecule has 2 aliphatic rings. The fraction of sp³-hybridized carbons (Fsp3) is 0.316. The van der Waals surface area contributed by atoms with E-state index < -0.39 is 15.8 Å². The van der Waals surface area contributed by atoms with Crippen LogP contribution in [-0.2, 0) is 14.8 Å². The molecule has 2 aromatic rings. The Kier molecular flexibility index (Phi) is 4.63. The molecule has 27 heavy (non-hydrogen) atoms. The molecule has 1 amide bonds. The van der Waals surface area contributed by atoms with E-state index in [0.717, 1.165) is 17.7 Å². The van der Waals surface area contributed by atoms with Gasteiger partial charge in [0.05, 0.1) is 16.3 Å². The van der Waals surface area contributed by atoms with E-state index in [-0.39, 0.29) is 27.7 Å². The number of hydrogen-bond donors (Lipinski definition) is 1. The number of rotatable bonds is 4. The molecule has 5 nitrogen and oxygen atoms in total. The second kappa shape index (κ2) is 6.83. The van der Waals surface area contributed by atoms with Gasteiger partial charge in [0.15, 0.2) is 0 Å². The van der Waals surface area contributed by atoms with Gasteiger partial charge in [-0.3, -0.25) is 9.52 Å². The van der Waals surface area contributed by atoms with Gasteiger partial charge in [-0.05, 0) is 43.2 Å². The lowest BCUT2D eigenvalue weighted by molar-refractivity contribution is -0.119. The Morgan fingerprint density at radius 3 is 2.67 bits per heavy atom. The second-order valence-corrected chi connectivity index (χ2v) is 10.0. The van der Waals surface area contributed by atoms with Crippen LogP contribution in [-0.4, -0.2) is 26.1 Å². The van der Waals surface area contributed by atoms with Crippen LogP contribution in [0.15, 0.2) is 52.3 Å². The molecule has 1 fully saturated rings. The van der Waals surface area contributed by atoms with Gasteiger partial charge in [-0.1, -0.05) is 19.1 Å². The molecule has 0 radical (unpaired) electrons. The first-order valence-electron chi connectivity index (χ1n) is 8.74. The molecule has 1 N–H and O–H groups in total. The molecule has 1 aliphatic carbocycles. The number of carbonyl (C=O) groups excluding carboxylic acids is 1. The van der Waals surface area contributed by atoms with Gasteiger partial charge < -0.3 is 4.90 Å². The van der Waals surface area contributed by atoms with Gasteiger partial charge in [-0.15, -0.1) is 11.8 Å². The lowest BCUT2D eigenvalue weighted by Crippen LogP contribution is -2.39. The molecule has 0 aromatic heterocycles. The van der Waals surface area contributed by atoms with Crippen molar-refractivity contribution in [1.29, 1.82) is 0 Å². The van der Waals surface area contributed by atoms with Crippen LogP contribution >= 0.6 is 11.8 Å². The van der Waals surface area contributed by atoms with Crippen molar-refractivity contribution >= 4 is 39.1 Å². The summed E-state index contributed by atoms with van der Waals surface area (Å²) in [5.74, 6) is -0.543. The van der Waals surface area contributed by atoms with Gasteiger partial charge in [0.2, 0.25) is 5.91 Å². The van der Waals surface area contributed by atoms with Crippen molar-refractivity contribution in [2.45, 2.75) is 34.8 Å². The summed E-state index contributed by atoms with van der Waals surface area (Å²) >= 11 is 1.62. The minimum Gasteiger partial charge on any atom is -0.310 e. The monoisotopic (exact) mass is 406 g/mol. The Hall–Kier alpha value is -2.06. The standard InChI is InChI=1S/C19H19FN2O3S2/c1-12-11-22(19(23)13-6-7-13)17-10-14(8-9-18(17)26-12)27(24,25)21-16-5-3-2-4-15(16)20/h2-5,8-10,12-13,21H,6-7,11H2,1H3/t12-/m0/s1. The molecule has 0 bridgehead atoms. The zero-order chi connectivity index (χ0) is 19.2. The molecule has 1 atom stereocenters. The summed E-state index contributed by atoms with van der Waals surface area (Å²) in [4.78, 5) is 15.3. The highest BCUT2D eigenvalue weighted by Gasteiger charge is 2.37. The summed E-state index contributed by atoms with van der Waals surface area (Å²) in [6.07, 6.45) is 1.78. The van der Waals surface area contributed by atoms with Crippen LogP contribution < -0.4 is 9.62 Å². The Labute approximate surface area is 162 Å². The third-order valence-electron chi connectivity index (χ3n) is 4.61. The molecular weight excluding hydrogens is 387 g/mol. The number of anilines is 2. The molecule has 142 valence electrons. The molecule has 8 heteroatoms.